The fraction of sp³-hybridized carbons (Fsp3) is 0.650. The van der Waals surface area contributed by atoms with Gasteiger partial charge in [-0.25, -0.2) is 0 Å². The summed E-state index contributed by atoms with van der Waals surface area (Å²) in [6.45, 7) is 5.90. The van der Waals surface area contributed by atoms with Crippen LogP contribution in [0.4, 0.5) is 0 Å². The molecule has 0 aliphatic carbocycles. The summed E-state index contributed by atoms with van der Waals surface area (Å²) >= 11 is 0. The van der Waals surface area contributed by atoms with Crippen molar-refractivity contribution in [2.75, 3.05) is 26.2 Å². The maximum absolute atomic E-state index is 12.5. The van der Waals surface area contributed by atoms with Crippen LogP contribution in [0.3, 0.4) is 0 Å². The van der Waals surface area contributed by atoms with Gasteiger partial charge >= 0.3 is 0 Å². The van der Waals surface area contributed by atoms with E-state index >= 15 is 0 Å². The lowest BCUT2D eigenvalue weighted by atomic mass is 10.0. The average molecular weight is 434 g/mol. The van der Waals surface area contributed by atoms with Gasteiger partial charge in [0.05, 0.1) is 24.9 Å². The van der Waals surface area contributed by atoms with Crippen molar-refractivity contribution in [2.24, 2.45) is 5.73 Å². The molecule has 6 nitrogen and oxygen atoms in total. The molecule has 2 saturated heterocycles. The van der Waals surface area contributed by atoms with Crippen LogP contribution in [0.5, 0.6) is 0 Å². The lowest BCUT2D eigenvalue weighted by Crippen LogP contribution is -2.54. The molecular weight excluding hydrogens is 401 g/mol. The van der Waals surface area contributed by atoms with E-state index in [0.29, 0.717) is 13.2 Å². The van der Waals surface area contributed by atoms with E-state index in [-0.39, 0.29) is 55.1 Å². The second-order valence-corrected chi connectivity index (χ2v) is 7.21. The molecule has 2 aliphatic heterocycles. The predicted octanol–water partition coefficient (Wildman–Crippen LogP) is 2.13. The molecule has 2 fully saturated rings. The Balaban J connectivity index is 0.00000196. The standard InChI is InChI=1S/C20H31N3O3.2ClH/c1-2-17(22-20(24)18-9-8-16(12-21)26-18)19-14-23(10-11-25-19)13-15-6-4-3-5-7-15;;/h3-7,16-19H,2,8-14,21H2,1H3,(H,22,24);2*1H/t16-,17?,18+,19?;;/m1../s1. The minimum Gasteiger partial charge on any atom is -0.373 e. The Morgan fingerprint density at radius 3 is 2.68 bits per heavy atom. The van der Waals surface area contributed by atoms with Gasteiger partial charge in [0.25, 0.3) is 0 Å². The van der Waals surface area contributed by atoms with Crippen molar-refractivity contribution in [3.63, 3.8) is 0 Å². The van der Waals surface area contributed by atoms with Crippen LogP contribution >= 0.6 is 24.8 Å². The molecule has 3 N–H and O–H groups in total. The van der Waals surface area contributed by atoms with Gasteiger partial charge in [0.2, 0.25) is 5.91 Å². The maximum Gasteiger partial charge on any atom is 0.249 e. The normalized spacial score (nSPS) is 26.0. The van der Waals surface area contributed by atoms with E-state index in [0.717, 1.165) is 38.9 Å². The number of morpholine rings is 1. The molecule has 1 aromatic rings. The quantitative estimate of drug-likeness (QED) is 0.688. The fourth-order valence-corrected chi connectivity index (χ4v) is 3.77. The van der Waals surface area contributed by atoms with Crippen LogP contribution in [0.15, 0.2) is 30.3 Å². The van der Waals surface area contributed by atoms with Crippen LogP contribution in [0.1, 0.15) is 31.7 Å². The number of nitrogens with zero attached hydrogens (tertiary/aromatic N) is 1. The number of ether oxygens (including phenoxy) is 2. The monoisotopic (exact) mass is 433 g/mol. The van der Waals surface area contributed by atoms with Crippen LogP contribution in [0, 0.1) is 0 Å². The third-order valence-corrected chi connectivity index (χ3v) is 5.31. The summed E-state index contributed by atoms with van der Waals surface area (Å²) < 4.78 is 11.7. The molecule has 0 saturated carbocycles. The van der Waals surface area contributed by atoms with Crippen molar-refractivity contribution in [1.29, 1.82) is 0 Å². The van der Waals surface area contributed by atoms with Gasteiger partial charge in [0, 0.05) is 26.2 Å². The summed E-state index contributed by atoms with van der Waals surface area (Å²) in [5.41, 5.74) is 6.94. The fourth-order valence-electron chi connectivity index (χ4n) is 3.77. The molecule has 0 spiro atoms. The number of carbonyl (C=O) groups excluding carboxylic acids is 1. The number of benzene rings is 1. The first kappa shape index (κ1) is 25.1. The number of halogens is 2. The van der Waals surface area contributed by atoms with Crippen molar-refractivity contribution < 1.29 is 14.3 Å². The zero-order valence-electron chi connectivity index (χ0n) is 16.4. The highest BCUT2D eigenvalue weighted by atomic mass is 35.5. The Hall–Kier alpha value is -0.890. The van der Waals surface area contributed by atoms with Crippen LogP contribution in [0.25, 0.3) is 0 Å². The van der Waals surface area contributed by atoms with Gasteiger partial charge in [0.15, 0.2) is 0 Å². The van der Waals surface area contributed by atoms with E-state index in [1.165, 1.54) is 5.56 Å². The first-order valence-electron chi connectivity index (χ1n) is 9.73. The first-order chi connectivity index (χ1) is 12.7. The molecule has 1 amide bonds. The first-order valence-corrected chi connectivity index (χ1v) is 9.73. The van der Waals surface area contributed by atoms with Gasteiger partial charge in [-0.2, -0.15) is 0 Å². The molecule has 28 heavy (non-hydrogen) atoms. The number of nitrogens with two attached hydrogens (primary N) is 1. The van der Waals surface area contributed by atoms with Gasteiger partial charge in [-0.3, -0.25) is 9.69 Å². The Morgan fingerprint density at radius 1 is 1.29 bits per heavy atom. The number of hydrogen-bond acceptors (Lipinski definition) is 5. The molecular formula is C20H33Cl2N3O3. The molecule has 0 radical (unpaired) electrons. The van der Waals surface area contributed by atoms with Gasteiger partial charge in [-0.1, -0.05) is 37.3 Å². The van der Waals surface area contributed by atoms with Gasteiger partial charge in [0.1, 0.15) is 6.10 Å². The Kier molecular flexibility index (Phi) is 11.3. The summed E-state index contributed by atoms with van der Waals surface area (Å²) in [5, 5.41) is 3.15. The Morgan fingerprint density at radius 2 is 2.04 bits per heavy atom. The smallest absolute Gasteiger partial charge is 0.249 e. The molecule has 160 valence electrons. The summed E-state index contributed by atoms with van der Waals surface area (Å²) in [6.07, 6.45) is 2.09. The van der Waals surface area contributed by atoms with Gasteiger partial charge < -0.3 is 20.5 Å². The lowest BCUT2D eigenvalue weighted by Gasteiger charge is -2.37. The minimum atomic E-state index is -0.374. The molecule has 2 aliphatic rings. The number of nitrogens with one attached hydrogen (secondary N) is 1. The minimum absolute atomic E-state index is 0. The summed E-state index contributed by atoms with van der Waals surface area (Å²) in [4.78, 5) is 14.9. The lowest BCUT2D eigenvalue weighted by molar-refractivity contribution is -0.135. The van der Waals surface area contributed by atoms with E-state index in [1.54, 1.807) is 0 Å². The predicted molar refractivity (Wildman–Crippen MR) is 115 cm³/mol. The third-order valence-electron chi connectivity index (χ3n) is 5.31. The van der Waals surface area contributed by atoms with Crippen molar-refractivity contribution in [3.8, 4) is 0 Å². The maximum atomic E-state index is 12.5. The van der Waals surface area contributed by atoms with Gasteiger partial charge in [-0.15, -0.1) is 24.8 Å². The number of rotatable bonds is 7. The highest BCUT2D eigenvalue weighted by molar-refractivity contribution is 5.85. The molecule has 0 bridgehead atoms. The second-order valence-electron chi connectivity index (χ2n) is 7.21. The molecule has 0 aromatic heterocycles. The molecule has 3 rings (SSSR count). The Bertz CT molecular complexity index is 579. The van der Waals surface area contributed by atoms with E-state index in [4.69, 9.17) is 15.2 Å². The summed E-state index contributed by atoms with van der Waals surface area (Å²) in [6, 6.07) is 10.5. The largest absolute Gasteiger partial charge is 0.373 e. The topological polar surface area (TPSA) is 76.8 Å². The SMILES string of the molecule is CCC(NC(=O)[C@@H]1CC[C@H](CN)O1)C1CN(Cc2ccccc2)CCO1.Cl.Cl. The highest BCUT2D eigenvalue weighted by Gasteiger charge is 2.33. The highest BCUT2D eigenvalue weighted by Crippen LogP contribution is 2.20. The molecule has 2 unspecified atom stereocenters. The van der Waals surface area contributed by atoms with Crippen LogP contribution in [-0.4, -0.2) is 61.4 Å². The number of carbonyl (C=O) groups is 1. The van der Waals surface area contributed by atoms with E-state index in [1.807, 2.05) is 6.07 Å². The van der Waals surface area contributed by atoms with Crippen LogP contribution in [-0.2, 0) is 20.8 Å². The Labute approximate surface area is 180 Å². The van der Waals surface area contributed by atoms with E-state index < -0.39 is 0 Å². The van der Waals surface area contributed by atoms with E-state index in [2.05, 4.69) is 41.4 Å². The molecule has 4 atom stereocenters. The number of hydrogen-bond donors (Lipinski definition) is 2. The van der Waals surface area contributed by atoms with Crippen molar-refractivity contribution in [3.05, 3.63) is 35.9 Å². The summed E-state index contributed by atoms with van der Waals surface area (Å²) in [5.74, 6) is -0.0309. The molecule has 1 aromatic carbocycles. The number of amides is 1. The van der Waals surface area contributed by atoms with Crippen molar-refractivity contribution in [2.45, 2.75) is 57.1 Å². The third kappa shape index (κ3) is 6.87. The van der Waals surface area contributed by atoms with Crippen molar-refractivity contribution in [1.82, 2.24) is 10.2 Å². The molecule has 8 heteroatoms. The zero-order valence-corrected chi connectivity index (χ0v) is 18.1. The zero-order chi connectivity index (χ0) is 18.4. The van der Waals surface area contributed by atoms with Gasteiger partial charge in [-0.05, 0) is 24.8 Å². The van der Waals surface area contributed by atoms with Crippen LogP contribution in [0.2, 0.25) is 0 Å². The van der Waals surface area contributed by atoms with Crippen LogP contribution < -0.4 is 11.1 Å². The average Bonchev–Trinajstić information content (AvgIpc) is 3.16. The van der Waals surface area contributed by atoms with E-state index in [9.17, 15) is 4.79 Å². The second kappa shape index (κ2) is 12.6. The summed E-state index contributed by atoms with van der Waals surface area (Å²) in [7, 11) is 0. The van der Waals surface area contributed by atoms with Crippen molar-refractivity contribution >= 4 is 30.7 Å². The molecule has 2 heterocycles.